The number of hydrogen-bond acceptors (Lipinski definition) is 1. The maximum Gasteiger partial charge on any atom is 0.0138 e. The Kier molecular flexibility index (Phi) is 2.83. The molecule has 15 heavy (non-hydrogen) atoms. The lowest BCUT2D eigenvalue weighted by Crippen LogP contribution is -2.34. The highest BCUT2D eigenvalue weighted by atomic mass is 14.7. The Morgan fingerprint density at radius 1 is 1.20 bits per heavy atom. The second-order valence-electron chi connectivity index (χ2n) is 5.53. The Morgan fingerprint density at radius 2 is 1.80 bits per heavy atom. The molecule has 0 unspecified atom stereocenters. The maximum absolute atomic E-state index is 6.00. The van der Waals surface area contributed by atoms with E-state index in [4.69, 9.17) is 5.73 Å². The first-order chi connectivity index (χ1) is 7.04. The molecule has 1 heteroatoms. The Bertz CT molecular complexity index is 314. The molecule has 0 spiro atoms. The highest BCUT2D eigenvalue weighted by Gasteiger charge is 2.19. The summed E-state index contributed by atoms with van der Waals surface area (Å²) >= 11 is 0. The third-order valence-corrected chi connectivity index (χ3v) is 3.22. The van der Waals surface area contributed by atoms with E-state index in [9.17, 15) is 0 Å². The van der Waals surface area contributed by atoms with Crippen LogP contribution >= 0.6 is 0 Å². The van der Waals surface area contributed by atoms with E-state index in [1.807, 2.05) is 0 Å². The fourth-order valence-corrected chi connectivity index (χ4v) is 2.18. The van der Waals surface area contributed by atoms with Crippen LogP contribution in [0.1, 0.15) is 50.2 Å². The Balaban J connectivity index is 2.03. The Hall–Kier alpha value is -0.820. The van der Waals surface area contributed by atoms with Crippen molar-refractivity contribution in [1.29, 1.82) is 0 Å². The van der Waals surface area contributed by atoms with Gasteiger partial charge in [0.25, 0.3) is 0 Å². The van der Waals surface area contributed by atoms with Gasteiger partial charge in [-0.2, -0.15) is 0 Å². The molecule has 0 amide bonds. The van der Waals surface area contributed by atoms with E-state index in [2.05, 4.69) is 38.1 Å². The third kappa shape index (κ3) is 2.82. The molecule has 1 saturated carbocycles. The zero-order chi connectivity index (χ0) is 10.9. The van der Waals surface area contributed by atoms with Crippen molar-refractivity contribution < 1.29 is 0 Å². The molecule has 0 bridgehead atoms. The highest BCUT2D eigenvalue weighted by molar-refractivity contribution is 5.27. The van der Waals surface area contributed by atoms with E-state index in [1.165, 1.54) is 30.4 Å². The zero-order valence-corrected chi connectivity index (χ0v) is 9.79. The van der Waals surface area contributed by atoms with Crippen LogP contribution in [0.5, 0.6) is 0 Å². The number of hydrogen-bond donors (Lipinski definition) is 1. The summed E-state index contributed by atoms with van der Waals surface area (Å²) in [6.07, 6.45) is 5.11. The van der Waals surface area contributed by atoms with Gasteiger partial charge in [-0.1, -0.05) is 30.7 Å². The van der Waals surface area contributed by atoms with Gasteiger partial charge in [0.1, 0.15) is 0 Å². The lowest BCUT2D eigenvalue weighted by atomic mass is 9.79. The van der Waals surface area contributed by atoms with Crippen LogP contribution in [0.3, 0.4) is 0 Å². The molecule has 0 radical (unpaired) electrons. The summed E-state index contributed by atoms with van der Waals surface area (Å²) in [6, 6.07) is 9.04. The maximum atomic E-state index is 6.00. The monoisotopic (exact) mass is 203 g/mol. The normalized spacial score (nSPS) is 17.5. The zero-order valence-electron chi connectivity index (χ0n) is 9.79. The molecule has 1 nitrogen and oxygen atoms in total. The van der Waals surface area contributed by atoms with Gasteiger partial charge < -0.3 is 5.73 Å². The van der Waals surface area contributed by atoms with Crippen LogP contribution in [-0.2, 0) is 6.42 Å². The predicted molar refractivity (Wildman–Crippen MR) is 65.0 cm³/mol. The summed E-state index contributed by atoms with van der Waals surface area (Å²) in [7, 11) is 0. The lowest BCUT2D eigenvalue weighted by molar-refractivity contribution is 0.419. The SMILES string of the molecule is CC(C)(N)Cc1ccc(C2CCC2)cc1. The minimum absolute atomic E-state index is 0.0992. The van der Waals surface area contributed by atoms with Crippen LogP contribution in [0.15, 0.2) is 24.3 Å². The Morgan fingerprint density at radius 3 is 2.20 bits per heavy atom. The standard InChI is InChI=1S/C14H21N/c1-14(2,15)10-11-6-8-13(9-7-11)12-4-3-5-12/h6-9,12H,3-5,10,15H2,1-2H3. The molecule has 1 aromatic carbocycles. The predicted octanol–water partition coefficient (Wildman–Crippen LogP) is 3.23. The van der Waals surface area contributed by atoms with E-state index in [1.54, 1.807) is 0 Å². The molecular weight excluding hydrogens is 182 g/mol. The van der Waals surface area contributed by atoms with Gasteiger partial charge in [-0.25, -0.2) is 0 Å². The second kappa shape index (κ2) is 3.97. The van der Waals surface area contributed by atoms with Crippen LogP contribution in [0, 0.1) is 0 Å². The van der Waals surface area contributed by atoms with Crippen LogP contribution in [0.25, 0.3) is 0 Å². The molecule has 82 valence electrons. The Labute approximate surface area is 92.7 Å². The lowest BCUT2D eigenvalue weighted by Gasteiger charge is -2.26. The first-order valence-electron chi connectivity index (χ1n) is 5.92. The molecule has 1 aromatic rings. The van der Waals surface area contributed by atoms with Gasteiger partial charge in [-0.05, 0) is 50.2 Å². The molecular formula is C14H21N. The van der Waals surface area contributed by atoms with E-state index in [0.29, 0.717) is 0 Å². The van der Waals surface area contributed by atoms with Crippen molar-refractivity contribution in [2.24, 2.45) is 5.73 Å². The van der Waals surface area contributed by atoms with E-state index >= 15 is 0 Å². The number of rotatable bonds is 3. The first-order valence-corrected chi connectivity index (χ1v) is 5.92. The third-order valence-electron chi connectivity index (χ3n) is 3.22. The van der Waals surface area contributed by atoms with Gasteiger partial charge in [0.05, 0.1) is 0 Å². The van der Waals surface area contributed by atoms with Crippen molar-refractivity contribution in [3.63, 3.8) is 0 Å². The number of nitrogens with two attached hydrogens (primary N) is 1. The van der Waals surface area contributed by atoms with Crippen LogP contribution in [-0.4, -0.2) is 5.54 Å². The van der Waals surface area contributed by atoms with E-state index in [-0.39, 0.29) is 5.54 Å². The summed E-state index contributed by atoms with van der Waals surface area (Å²) in [6.45, 7) is 4.15. The van der Waals surface area contributed by atoms with Crippen molar-refractivity contribution in [2.75, 3.05) is 0 Å². The number of benzene rings is 1. The van der Waals surface area contributed by atoms with Crippen LogP contribution < -0.4 is 5.73 Å². The fourth-order valence-electron chi connectivity index (χ4n) is 2.18. The van der Waals surface area contributed by atoms with Crippen molar-refractivity contribution in [3.8, 4) is 0 Å². The molecule has 0 aliphatic heterocycles. The second-order valence-corrected chi connectivity index (χ2v) is 5.53. The van der Waals surface area contributed by atoms with Crippen molar-refractivity contribution >= 4 is 0 Å². The largest absolute Gasteiger partial charge is 0.325 e. The van der Waals surface area contributed by atoms with Gasteiger partial charge >= 0.3 is 0 Å². The van der Waals surface area contributed by atoms with Gasteiger partial charge in [-0.15, -0.1) is 0 Å². The van der Waals surface area contributed by atoms with Gasteiger partial charge in [0.15, 0.2) is 0 Å². The molecule has 0 heterocycles. The highest BCUT2D eigenvalue weighted by Crippen LogP contribution is 2.36. The van der Waals surface area contributed by atoms with Gasteiger partial charge in [-0.3, -0.25) is 0 Å². The fraction of sp³-hybridized carbons (Fsp3) is 0.571. The topological polar surface area (TPSA) is 26.0 Å². The molecule has 2 rings (SSSR count). The molecule has 0 saturated heterocycles. The summed E-state index contributed by atoms with van der Waals surface area (Å²) in [5.41, 5.74) is 8.77. The minimum atomic E-state index is -0.0992. The van der Waals surface area contributed by atoms with Gasteiger partial charge in [0, 0.05) is 5.54 Å². The average molecular weight is 203 g/mol. The summed E-state index contributed by atoms with van der Waals surface area (Å²) < 4.78 is 0. The van der Waals surface area contributed by atoms with Crippen molar-refractivity contribution in [1.82, 2.24) is 0 Å². The molecule has 1 fully saturated rings. The van der Waals surface area contributed by atoms with E-state index in [0.717, 1.165) is 12.3 Å². The van der Waals surface area contributed by atoms with Gasteiger partial charge in [0.2, 0.25) is 0 Å². The summed E-state index contributed by atoms with van der Waals surface area (Å²) in [5.74, 6) is 0.838. The van der Waals surface area contributed by atoms with E-state index < -0.39 is 0 Å². The minimum Gasteiger partial charge on any atom is -0.325 e. The summed E-state index contributed by atoms with van der Waals surface area (Å²) in [4.78, 5) is 0. The molecule has 0 atom stereocenters. The smallest absolute Gasteiger partial charge is 0.0138 e. The quantitative estimate of drug-likeness (QED) is 0.802. The molecule has 0 aromatic heterocycles. The molecule has 2 N–H and O–H groups in total. The average Bonchev–Trinajstić information content (AvgIpc) is 2.02. The first kappa shape index (κ1) is 10.7. The molecule has 1 aliphatic carbocycles. The van der Waals surface area contributed by atoms with Crippen LogP contribution in [0.2, 0.25) is 0 Å². The van der Waals surface area contributed by atoms with Crippen LogP contribution in [0.4, 0.5) is 0 Å². The molecule has 1 aliphatic rings. The van der Waals surface area contributed by atoms with Crippen molar-refractivity contribution in [3.05, 3.63) is 35.4 Å². The summed E-state index contributed by atoms with van der Waals surface area (Å²) in [5, 5.41) is 0. The van der Waals surface area contributed by atoms with Crippen molar-refractivity contribution in [2.45, 2.75) is 51.0 Å².